The van der Waals surface area contributed by atoms with Crippen LogP contribution in [0.15, 0.2) is 83.8 Å². The minimum atomic E-state index is -3.98. The van der Waals surface area contributed by atoms with Crippen LogP contribution in [0.25, 0.3) is 0 Å². The highest BCUT2D eigenvalue weighted by molar-refractivity contribution is 7.92. The van der Waals surface area contributed by atoms with Crippen molar-refractivity contribution in [2.75, 3.05) is 50.2 Å². The number of benzene rings is 3. The lowest BCUT2D eigenvalue weighted by molar-refractivity contribution is -0.119. The Morgan fingerprint density at radius 2 is 1.58 bits per heavy atom. The molecule has 4 rings (SSSR count). The molecule has 3 aromatic carbocycles. The molecule has 0 unspecified atom stereocenters. The molecule has 1 N–H and O–H groups in total. The van der Waals surface area contributed by atoms with E-state index in [4.69, 9.17) is 9.47 Å². The molecule has 0 saturated carbocycles. The average Bonchev–Trinajstić information content (AvgIpc) is 2.89. The Hall–Kier alpha value is -3.40. The van der Waals surface area contributed by atoms with Crippen molar-refractivity contribution in [3.63, 3.8) is 0 Å². The Balaban J connectivity index is 1.50. The molecule has 9 heteroatoms. The Morgan fingerprint density at radius 3 is 2.25 bits per heavy atom. The van der Waals surface area contributed by atoms with E-state index in [9.17, 15) is 13.2 Å². The fourth-order valence-corrected chi connectivity index (χ4v) is 5.24. The van der Waals surface area contributed by atoms with Gasteiger partial charge >= 0.3 is 0 Å². The number of anilines is 1. The molecule has 1 fully saturated rings. The van der Waals surface area contributed by atoms with Gasteiger partial charge in [-0.1, -0.05) is 35.9 Å². The summed E-state index contributed by atoms with van der Waals surface area (Å²) in [6.45, 7) is 5.68. The summed E-state index contributed by atoms with van der Waals surface area (Å²) >= 11 is 0. The summed E-state index contributed by atoms with van der Waals surface area (Å²) in [5.74, 6) is 0.866. The summed E-state index contributed by atoms with van der Waals surface area (Å²) in [5, 5.41) is 2.85. The standard InChI is InChI=1S/C27H31N3O5S/c1-22-7-13-26(14-8-22)36(32,33)30(21-27(31)28-15-16-29-17-19-34-20-18-29)23-9-11-25(12-10-23)35-24-5-3-2-4-6-24/h2-14H,15-21H2,1H3,(H,28,31). The molecule has 8 nitrogen and oxygen atoms in total. The van der Waals surface area contributed by atoms with Crippen LogP contribution in [-0.2, 0) is 19.6 Å². The summed E-state index contributed by atoms with van der Waals surface area (Å²) in [7, 11) is -3.98. The van der Waals surface area contributed by atoms with Crippen molar-refractivity contribution in [3.8, 4) is 11.5 Å². The van der Waals surface area contributed by atoms with Gasteiger partial charge in [-0.15, -0.1) is 0 Å². The highest BCUT2D eigenvalue weighted by Gasteiger charge is 2.27. The number of morpholine rings is 1. The van der Waals surface area contributed by atoms with E-state index in [0.29, 0.717) is 43.5 Å². The predicted molar refractivity (Wildman–Crippen MR) is 139 cm³/mol. The fourth-order valence-electron chi connectivity index (χ4n) is 3.82. The molecule has 190 valence electrons. The largest absolute Gasteiger partial charge is 0.457 e. The summed E-state index contributed by atoms with van der Waals surface area (Å²) in [5.41, 5.74) is 1.32. The number of sulfonamides is 1. The van der Waals surface area contributed by atoms with E-state index in [0.717, 1.165) is 23.0 Å². The molecule has 36 heavy (non-hydrogen) atoms. The van der Waals surface area contributed by atoms with E-state index in [1.807, 2.05) is 37.3 Å². The maximum atomic E-state index is 13.6. The quantitative estimate of drug-likeness (QED) is 0.451. The topological polar surface area (TPSA) is 88.2 Å². The van der Waals surface area contributed by atoms with Crippen LogP contribution < -0.4 is 14.4 Å². The zero-order chi connectivity index (χ0) is 25.4. The van der Waals surface area contributed by atoms with Crippen molar-refractivity contribution in [2.24, 2.45) is 0 Å². The third-order valence-corrected chi connectivity index (χ3v) is 7.64. The van der Waals surface area contributed by atoms with Crippen molar-refractivity contribution >= 4 is 21.6 Å². The molecule has 1 aliphatic heterocycles. The maximum Gasteiger partial charge on any atom is 0.264 e. The summed E-state index contributed by atoms with van der Waals surface area (Å²) in [6.07, 6.45) is 0. The van der Waals surface area contributed by atoms with Crippen molar-refractivity contribution in [1.82, 2.24) is 10.2 Å². The van der Waals surface area contributed by atoms with Gasteiger partial charge in [0.2, 0.25) is 5.91 Å². The van der Waals surface area contributed by atoms with E-state index in [-0.39, 0.29) is 17.3 Å². The lowest BCUT2D eigenvalue weighted by Gasteiger charge is -2.27. The number of carbonyl (C=O) groups is 1. The molecule has 0 spiro atoms. The van der Waals surface area contributed by atoms with Gasteiger partial charge in [0.15, 0.2) is 0 Å². The van der Waals surface area contributed by atoms with Gasteiger partial charge in [-0.05, 0) is 55.5 Å². The van der Waals surface area contributed by atoms with E-state index < -0.39 is 10.0 Å². The van der Waals surface area contributed by atoms with Gasteiger partial charge < -0.3 is 14.8 Å². The van der Waals surface area contributed by atoms with Crippen LogP contribution in [0.5, 0.6) is 11.5 Å². The number of nitrogens with one attached hydrogen (secondary N) is 1. The van der Waals surface area contributed by atoms with Crippen LogP contribution in [0.3, 0.4) is 0 Å². The van der Waals surface area contributed by atoms with Crippen molar-refractivity contribution < 1.29 is 22.7 Å². The van der Waals surface area contributed by atoms with Gasteiger partial charge in [0, 0.05) is 26.2 Å². The smallest absolute Gasteiger partial charge is 0.264 e. The molecule has 0 aromatic heterocycles. The van der Waals surface area contributed by atoms with Gasteiger partial charge in [-0.25, -0.2) is 8.42 Å². The second kappa shape index (κ2) is 12.0. The first-order valence-corrected chi connectivity index (χ1v) is 13.3. The normalized spacial score (nSPS) is 14.2. The van der Waals surface area contributed by atoms with Crippen molar-refractivity contribution in [1.29, 1.82) is 0 Å². The molecular weight excluding hydrogens is 478 g/mol. The SMILES string of the molecule is Cc1ccc(S(=O)(=O)N(CC(=O)NCCN2CCOCC2)c2ccc(Oc3ccccc3)cc2)cc1. The summed E-state index contributed by atoms with van der Waals surface area (Å²) in [4.78, 5) is 15.2. The highest BCUT2D eigenvalue weighted by atomic mass is 32.2. The van der Waals surface area contributed by atoms with Crippen LogP contribution in [0.2, 0.25) is 0 Å². The Bertz CT molecular complexity index is 1230. The molecule has 1 amide bonds. The van der Waals surface area contributed by atoms with E-state index in [1.54, 1.807) is 48.5 Å². The first kappa shape index (κ1) is 25.7. The van der Waals surface area contributed by atoms with Crippen LogP contribution >= 0.6 is 0 Å². The first-order valence-electron chi connectivity index (χ1n) is 11.9. The molecule has 1 heterocycles. The zero-order valence-electron chi connectivity index (χ0n) is 20.3. The number of nitrogens with zero attached hydrogens (tertiary/aromatic N) is 2. The van der Waals surface area contributed by atoms with Crippen LogP contribution in [0.4, 0.5) is 5.69 Å². The predicted octanol–water partition coefficient (Wildman–Crippen LogP) is 3.43. The first-order chi connectivity index (χ1) is 17.4. The van der Waals surface area contributed by atoms with Gasteiger partial charge in [-0.3, -0.25) is 14.0 Å². The molecule has 0 bridgehead atoms. The second-order valence-corrected chi connectivity index (χ2v) is 10.4. The fraction of sp³-hybridized carbons (Fsp3) is 0.296. The zero-order valence-corrected chi connectivity index (χ0v) is 21.1. The molecule has 0 atom stereocenters. The Kier molecular flexibility index (Phi) is 8.58. The van der Waals surface area contributed by atoms with Crippen LogP contribution in [-0.4, -0.2) is 65.2 Å². The van der Waals surface area contributed by atoms with Crippen LogP contribution in [0.1, 0.15) is 5.56 Å². The Labute approximate surface area is 212 Å². The number of carbonyl (C=O) groups excluding carboxylic acids is 1. The number of hydrogen-bond donors (Lipinski definition) is 1. The summed E-state index contributed by atoms with van der Waals surface area (Å²) < 4.78 is 39.4. The third kappa shape index (κ3) is 6.84. The number of para-hydroxylation sites is 1. The second-order valence-electron chi connectivity index (χ2n) is 8.54. The number of amides is 1. The number of ether oxygens (including phenoxy) is 2. The van der Waals surface area contributed by atoms with E-state index in [2.05, 4.69) is 10.2 Å². The summed E-state index contributed by atoms with van der Waals surface area (Å²) in [6, 6.07) is 22.6. The Morgan fingerprint density at radius 1 is 0.944 bits per heavy atom. The minimum absolute atomic E-state index is 0.124. The van der Waals surface area contributed by atoms with Gasteiger partial charge in [0.1, 0.15) is 18.0 Å². The van der Waals surface area contributed by atoms with E-state index in [1.165, 1.54) is 0 Å². The van der Waals surface area contributed by atoms with Crippen molar-refractivity contribution in [2.45, 2.75) is 11.8 Å². The van der Waals surface area contributed by atoms with Gasteiger partial charge in [-0.2, -0.15) is 0 Å². The monoisotopic (exact) mass is 509 g/mol. The van der Waals surface area contributed by atoms with Gasteiger partial charge in [0.05, 0.1) is 23.8 Å². The van der Waals surface area contributed by atoms with E-state index >= 15 is 0 Å². The number of hydrogen-bond acceptors (Lipinski definition) is 6. The molecule has 0 aliphatic carbocycles. The average molecular weight is 510 g/mol. The molecule has 3 aromatic rings. The lowest BCUT2D eigenvalue weighted by Crippen LogP contribution is -2.44. The third-order valence-electron chi connectivity index (χ3n) is 5.85. The maximum absolute atomic E-state index is 13.6. The minimum Gasteiger partial charge on any atom is -0.457 e. The lowest BCUT2D eigenvalue weighted by atomic mass is 10.2. The highest BCUT2D eigenvalue weighted by Crippen LogP contribution is 2.28. The van der Waals surface area contributed by atoms with Crippen LogP contribution in [0, 0.1) is 6.92 Å². The van der Waals surface area contributed by atoms with Crippen molar-refractivity contribution in [3.05, 3.63) is 84.4 Å². The molecule has 1 aliphatic rings. The molecule has 1 saturated heterocycles. The number of rotatable bonds is 10. The van der Waals surface area contributed by atoms with Gasteiger partial charge in [0.25, 0.3) is 10.0 Å². The number of aryl methyl sites for hydroxylation is 1. The molecule has 0 radical (unpaired) electrons. The molecular formula is C27H31N3O5S.